The highest BCUT2D eigenvalue weighted by atomic mass is 19.3. The highest BCUT2D eigenvalue weighted by Gasteiger charge is 2.29. The third-order valence-electron chi connectivity index (χ3n) is 5.41. The zero-order chi connectivity index (χ0) is 22.8. The number of pyridine rings is 1. The van der Waals surface area contributed by atoms with Gasteiger partial charge in [-0.05, 0) is 30.7 Å². The number of benzene rings is 1. The number of hydrogen-bond donors (Lipinski definition) is 1. The fourth-order valence-corrected chi connectivity index (χ4v) is 3.66. The van der Waals surface area contributed by atoms with E-state index in [0.29, 0.717) is 30.9 Å². The predicted octanol–water partition coefficient (Wildman–Crippen LogP) is 3.90. The van der Waals surface area contributed by atoms with Gasteiger partial charge in [0.2, 0.25) is 5.91 Å². The molecule has 10 heteroatoms. The lowest BCUT2D eigenvalue weighted by molar-refractivity contribution is -0.129. The molecule has 0 spiro atoms. The van der Waals surface area contributed by atoms with Crippen molar-refractivity contribution in [3.63, 3.8) is 0 Å². The van der Waals surface area contributed by atoms with Gasteiger partial charge in [-0.1, -0.05) is 0 Å². The van der Waals surface area contributed by atoms with E-state index in [2.05, 4.69) is 15.0 Å². The van der Waals surface area contributed by atoms with Crippen LogP contribution >= 0.6 is 0 Å². The van der Waals surface area contributed by atoms with E-state index in [1.165, 1.54) is 24.4 Å². The fraction of sp³-hybridized carbons (Fsp3) is 0.273. The predicted molar refractivity (Wildman–Crippen MR) is 109 cm³/mol. The van der Waals surface area contributed by atoms with Gasteiger partial charge in [0.05, 0.1) is 35.4 Å². The Morgan fingerprint density at radius 1 is 1.16 bits per heavy atom. The molecule has 166 valence electrons. The van der Waals surface area contributed by atoms with Gasteiger partial charge in [0.1, 0.15) is 17.3 Å². The van der Waals surface area contributed by atoms with Gasteiger partial charge in [0.15, 0.2) is 0 Å². The zero-order valence-electron chi connectivity index (χ0n) is 16.8. The summed E-state index contributed by atoms with van der Waals surface area (Å²) in [6, 6.07) is 6.20. The SMILES string of the molecule is Nc1ccc(-c2ccc(F)cc2F)nc1CC(=O)N1CCC(c2cnc(C(F)F)cn2)C1. The quantitative estimate of drug-likeness (QED) is 0.603. The van der Waals surface area contributed by atoms with Gasteiger partial charge >= 0.3 is 0 Å². The lowest BCUT2D eigenvalue weighted by Gasteiger charge is -2.17. The number of likely N-dealkylation sites (tertiary alicyclic amines) is 1. The first-order chi connectivity index (χ1) is 15.3. The molecule has 3 aromatic rings. The average Bonchev–Trinajstić information content (AvgIpc) is 3.26. The molecule has 0 radical (unpaired) electrons. The molecular formula is C22H19F4N5O. The summed E-state index contributed by atoms with van der Waals surface area (Å²) >= 11 is 0. The molecule has 4 rings (SSSR count). The zero-order valence-corrected chi connectivity index (χ0v) is 16.8. The van der Waals surface area contributed by atoms with E-state index in [1.54, 1.807) is 4.90 Å². The molecule has 1 aliphatic heterocycles. The van der Waals surface area contributed by atoms with E-state index < -0.39 is 23.8 Å². The average molecular weight is 445 g/mol. The Labute approximate surface area is 181 Å². The molecule has 1 unspecified atom stereocenters. The number of carbonyl (C=O) groups excluding carboxylic acids is 1. The van der Waals surface area contributed by atoms with Gasteiger partial charge in [-0.15, -0.1) is 0 Å². The number of hydrogen-bond acceptors (Lipinski definition) is 5. The van der Waals surface area contributed by atoms with Gasteiger partial charge in [0.25, 0.3) is 6.43 Å². The largest absolute Gasteiger partial charge is 0.397 e. The van der Waals surface area contributed by atoms with Crippen molar-refractivity contribution in [3.05, 3.63) is 71.4 Å². The Bertz CT molecular complexity index is 1140. The van der Waals surface area contributed by atoms with Crippen LogP contribution in [0.3, 0.4) is 0 Å². The van der Waals surface area contributed by atoms with Gasteiger partial charge in [-0.25, -0.2) is 17.6 Å². The highest BCUT2D eigenvalue weighted by molar-refractivity contribution is 5.80. The number of nitrogens with two attached hydrogens (primary N) is 1. The molecule has 0 saturated carbocycles. The second-order valence-electron chi connectivity index (χ2n) is 7.53. The van der Waals surface area contributed by atoms with E-state index in [-0.39, 0.29) is 35.2 Å². The summed E-state index contributed by atoms with van der Waals surface area (Å²) in [5, 5.41) is 0. The summed E-state index contributed by atoms with van der Waals surface area (Å²) in [4.78, 5) is 26.5. The molecule has 1 fully saturated rings. The fourth-order valence-electron chi connectivity index (χ4n) is 3.66. The first-order valence-corrected chi connectivity index (χ1v) is 9.90. The molecule has 1 amide bonds. The van der Waals surface area contributed by atoms with Crippen LogP contribution in [0.15, 0.2) is 42.7 Å². The molecule has 0 aliphatic carbocycles. The summed E-state index contributed by atoms with van der Waals surface area (Å²) in [5.74, 6) is -1.79. The molecule has 32 heavy (non-hydrogen) atoms. The van der Waals surface area contributed by atoms with Crippen LogP contribution < -0.4 is 5.73 Å². The number of rotatable bonds is 5. The monoisotopic (exact) mass is 445 g/mol. The van der Waals surface area contributed by atoms with Gasteiger partial charge in [-0.3, -0.25) is 19.7 Å². The summed E-state index contributed by atoms with van der Waals surface area (Å²) in [5.41, 5.74) is 7.05. The van der Waals surface area contributed by atoms with Crippen LogP contribution in [0.4, 0.5) is 23.2 Å². The number of amides is 1. The first kappa shape index (κ1) is 21.7. The maximum atomic E-state index is 14.1. The smallest absolute Gasteiger partial charge is 0.281 e. The van der Waals surface area contributed by atoms with E-state index in [9.17, 15) is 22.4 Å². The molecule has 1 atom stereocenters. The van der Waals surface area contributed by atoms with E-state index in [1.807, 2.05) is 0 Å². The van der Waals surface area contributed by atoms with Crippen molar-refractivity contribution >= 4 is 11.6 Å². The van der Waals surface area contributed by atoms with Crippen LogP contribution in [0, 0.1) is 11.6 Å². The summed E-state index contributed by atoms with van der Waals surface area (Å²) in [7, 11) is 0. The second kappa shape index (κ2) is 8.89. The lowest BCUT2D eigenvalue weighted by Crippen LogP contribution is -2.30. The van der Waals surface area contributed by atoms with Crippen molar-refractivity contribution in [2.45, 2.75) is 25.2 Å². The number of halogens is 4. The number of nitrogens with zero attached hydrogens (tertiary/aromatic N) is 4. The Hall–Kier alpha value is -3.56. The van der Waals surface area contributed by atoms with Crippen LogP contribution in [0.25, 0.3) is 11.3 Å². The number of nitrogen functional groups attached to an aromatic ring is 1. The number of alkyl halides is 2. The molecule has 2 N–H and O–H groups in total. The summed E-state index contributed by atoms with van der Waals surface area (Å²) < 4.78 is 52.6. The van der Waals surface area contributed by atoms with Crippen molar-refractivity contribution in [3.8, 4) is 11.3 Å². The number of anilines is 1. The third-order valence-corrected chi connectivity index (χ3v) is 5.41. The number of carbonyl (C=O) groups is 1. The standard InChI is InChI=1S/C22H19F4N5O/c23-13-1-2-14(15(24)7-13)17-4-3-16(27)18(30-17)8-21(32)31-6-5-12(11-31)19-9-29-20(10-28-19)22(25)26/h1-4,7,9-10,12,22H,5-6,8,11,27H2. The molecule has 1 aromatic carbocycles. The first-order valence-electron chi connectivity index (χ1n) is 9.90. The maximum Gasteiger partial charge on any atom is 0.281 e. The second-order valence-corrected chi connectivity index (χ2v) is 7.53. The van der Waals surface area contributed by atoms with Crippen molar-refractivity contribution < 1.29 is 22.4 Å². The highest BCUT2D eigenvalue weighted by Crippen LogP contribution is 2.28. The molecule has 3 heterocycles. The lowest BCUT2D eigenvalue weighted by atomic mass is 10.1. The normalized spacial score (nSPS) is 16.0. The van der Waals surface area contributed by atoms with Crippen molar-refractivity contribution in [1.82, 2.24) is 19.9 Å². The van der Waals surface area contributed by atoms with Crippen LogP contribution in [-0.4, -0.2) is 38.8 Å². The third kappa shape index (κ3) is 4.53. The van der Waals surface area contributed by atoms with Gasteiger partial charge < -0.3 is 10.6 Å². The van der Waals surface area contributed by atoms with Crippen LogP contribution in [0.1, 0.15) is 35.8 Å². The molecule has 1 aliphatic rings. The minimum Gasteiger partial charge on any atom is -0.397 e. The maximum absolute atomic E-state index is 14.1. The topological polar surface area (TPSA) is 85.0 Å². The summed E-state index contributed by atoms with van der Waals surface area (Å²) in [6.07, 6.45) is 0.217. The minimum absolute atomic E-state index is 0.0921. The van der Waals surface area contributed by atoms with Crippen molar-refractivity contribution in [1.29, 1.82) is 0 Å². The van der Waals surface area contributed by atoms with Crippen molar-refractivity contribution in [2.24, 2.45) is 0 Å². The Balaban J connectivity index is 1.46. The Kier molecular flexibility index (Phi) is 6.02. The number of aromatic nitrogens is 3. The van der Waals surface area contributed by atoms with Gasteiger partial charge in [-0.2, -0.15) is 0 Å². The molecular weight excluding hydrogens is 426 g/mol. The van der Waals surface area contributed by atoms with Crippen LogP contribution in [-0.2, 0) is 11.2 Å². The Morgan fingerprint density at radius 2 is 1.97 bits per heavy atom. The summed E-state index contributed by atoms with van der Waals surface area (Å²) in [6.45, 7) is 0.835. The molecule has 1 saturated heterocycles. The minimum atomic E-state index is -2.68. The van der Waals surface area contributed by atoms with Gasteiger partial charge in [0, 0.05) is 36.8 Å². The van der Waals surface area contributed by atoms with E-state index in [0.717, 1.165) is 18.3 Å². The van der Waals surface area contributed by atoms with E-state index in [4.69, 9.17) is 5.73 Å². The van der Waals surface area contributed by atoms with Crippen LogP contribution in [0.5, 0.6) is 0 Å². The van der Waals surface area contributed by atoms with Crippen molar-refractivity contribution in [2.75, 3.05) is 18.8 Å². The molecule has 2 aromatic heterocycles. The molecule has 0 bridgehead atoms. The Morgan fingerprint density at radius 3 is 2.66 bits per heavy atom. The molecule has 6 nitrogen and oxygen atoms in total. The van der Waals surface area contributed by atoms with Crippen LogP contribution in [0.2, 0.25) is 0 Å². The van der Waals surface area contributed by atoms with E-state index >= 15 is 0 Å².